The molecule has 4 rings (SSSR count). The topological polar surface area (TPSA) is 92.5 Å². The molecule has 1 aliphatic carbocycles. The second-order valence-corrected chi connectivity index (χ2v) is 7.28. The van der Waals surface area contributed by atoms with Gasteiger partial charge in [0.15, 0.2) is 0 Å². The summed E-state index contributed by atoms with van der Waals surface area (Å²) in [7, 11) is 1.56. The Balaban J connectivity index is 1.67. The number of aliphatic carboxylic acids is 1. The highest BCUT2D eigenvalue weighted by atomic mass is 16.4. The van der Waals surface area contributed by atoms with Crippen LogP contribution in [-0.2, 0) is 23.1 Å². The SMILES string of the molecule is Cn1nc(CC(=O)N2CC3CCCC3C2C(=O)O)c2ccccc2c1=O. The van der Waals surface area contributed by atoms with E-state index in [0.717, 1.165) is 19.3 Å². The van der Waals surface area contributed by atoms with Gasteiger partial charge in [0.25, 0.3) is 5.56 Å². The summed E-state index contributed by atoms with van der Waals surface area (Å²) in [5.74, 6) is -0.819. The Morgan fingerprint density at radius 3 is 2.69 bits per heavy atom. The minimum atomic E-state index is -0.925. The molecule has 3 unspecified atom stereocenters. The van der Waals surface area contributed by atoms with E-state index in [1.165, 1.54) is 9.58 Å². The van der Waals surface area contributed by atoms with E-state index in [2.05, 4.69) is 5.10 Å². The number of nitrogens with zero attached hydrogens (tertiary/aromatic N) is 3. The molecule has 7 nitrogen and oxygen atoms in total. The van der Waals surface area contributed by atoms with Crippen molar-refractivity contribution in [3.8, 4) is 0 Å². The van der Waals surface area contributed by atoms with Crippen molar-refractivity contribution in [3.63, 3.8) is 0 Å². The third-order valence-corrected chi connectivity index (χ3v) is 5.82. The Bertz CT molecular complexity index is 951. The van der Waals surface area contributed by atoms with Gasteiger partial charge in [-0.05, 0) is 30.7 Å². The maximum absolute atomic E-state index is 12.9. The number of carboxylic acids is 1. The van der Waals surface area contributed by atoms with E-state index in [4.69, 9.17) is 0 Å². The Kier molecular flexibility index (Phi) is 4.01. The summed E-state index contributed by atoms with van der Waals surface area (Å²) >= 11 is 0. The quantitative estimate of drug-likeness (QED) is 0.893. The normalized spacial score (nSPS) is 24.8. The molecule has 0 spiro atoms. The van der Waals surface area contributed by atoms with Crippen molar-refractivity contribution >= 4 is 22.6 Å². The predicted octanol–water partition coefficient (Wildman–Crippen LogP) is 1.19. The Morgan fingerprint density at radius 1 is 1.23 bits per heavy atom. The molecule has 26 heavy (non-hydrogen) atoms. The van der Waals surface area contributed by atoms with Gasteiger partial charge in [-0.1, -0.05) is 24.6 Å². The molecule has 2 fully saturated rings. The van der Waals surface area contributed by atoms with Gasteiger partial charge in [0.05, 0.1) is 17.5 Å². The zero-order valence-corrected chi connectivity index (χ0v) is 14.6. The van der Waals surface area contributed by atoms with Crippen LogP contribution < -0.4 is 5.56 Å². The summed E-state index contributed by atoms with van der Waals surface area (Å²) in [4.78, 5) is 38.4. The molecule has 1 aromatic carbocycles. The number of fused-ring (bicyclic) bond motifs is 2. The fourth-order valence-electron chi connectivity index (χ4n) is 4.63. The van der Waals surface area contributed by atoms with Gasteiger partial charge in [-0.15, -0.1) is 0 Å². The maximum atomic E-state index is 12.9. The van der Waals surface area contributed by atoms with E-state index in [1.807, 2.05) is 0 Å². The summed E-state index contributed by atoms with van der Waals surface area (Å²) in [5, 5.41) is 15.1. The Morgan fingerprint density at radius 2 is 1.96 bits per heavy atom. The van der Waals surface area contributed by atoms with Crippen molar-refractivity contribution in [2.45, 2.75) is 31.7 Å². The fraction of sp³-hybridized carbons (Fsp3) is 0.474. The van der Waals surface area contributed by atoms with Crippen LogP contribution in [0.1, 0.15) is 25.0 Å². The summed E-state index contributed by atoms with van der Waals surface area (Å²) < 4.78 is 1.23. The molecule has 7 heteroatoms. The van der Waals surface area contributed by atoms with Crippen molar-refractivity contribution in [2.75, 3.05) is 6.54 Å². The van der Waals surface area contributed by atoms with Crippen molar-refractivity contribution < 1.29 is 14.7 Å². The lowest BCUT2D eigenvalue weighted by molar-refractivity contribution is -0.149. The number of hydrogen-bond donors (Lipinski definition) is 1. The Hall–Kier alpha value is -2.70. The lowest BCUT2D eigenvalue weighted by Gasteiger charge is -2.24. The minimum Gasteiger partial charge on any atom is -0.480 e. The minimum absolute atomic E-state index is 0.00213. The van der Waals surface area contributed by atoms with Crippen LogP contribution in [-0.4, -0.2) is 44.3 Å². The summed E-state index contributed by atoms with van der Waals surface area (Å²) in [6.45, 7) is 0.504. The van der Waals surface area contributed by atoms with Crippen LogP contribution in [0.15, 0.2) is 29.1 Å². The number of carbonyl (C=O) groups is 2. The maximum Gasteiger partial charge on any atom is 0.326 e. The fourth-order valence-corrected chi connectivity index (χ4v) is 4.63. The van der Waals surface area contributed by atoms with Crippen LogP contribution in [0.5, 0.6) is 0 Å². The van der Waals surface area contributed by atoms with Gasteiger partial charge in [-0.3, -0.25) is 9.59 Å². The predicted molar refractivity (Wildman–Crippen MR) is 94.7 cm³/mol. The first-order valence-electron chi connectivity index (χ1n) is 8.94. The van der Waals surface area contributed by atoms with E-state index in [0.29, 0.717) is 23.0 Å². The van der Waals surface area contributed by atoms with Crippen LogP contribution in [0.2, 0.25) is 0 Å². The third-order valence-electron chi connectivity index (χ3n) is 5.82. The third kappa shape index (κ3) is 2.58. The highest BCUT2D eigenvalue weighted by Gasteiger charge is 2.49. The van der Waals surface area contributed by atoms with Gasteiger partial charge in [0.2, 0.25) is 5.91 Å². The van der Waals surface area contributed by atoms with Gasteiger partial charge in [0.1, 0.15) is 6.04 Å². The smallest absolute Gasteiger partial charge is 0.326 e. The van der Waals surface area contributed by atoms with Gasteiger partial charge < -0.3 is 10.0 Å². The number of carboxylic acid groups (broad SMARTS) is 1. The highest BCUT2D eigenvalue weighted by Crippen LogP contribution is 2.42. The molecule has 3 atom stereocenters. The number of rotatable bonds is 3. The van der Waals surface area contributed by atoms with Gasteiger partial charge >= 0.3 is 5.97 Å². The number of hydrogen-bond acceptors (Lipinski definition) is 4. The van der Waals surface area contributed by atoms with E-state index < -0.39 is 12.0 Å². The van der Waals surface area contributed by atoms with Crippen molar-refractivity contribution in [1.82, 2.24) is 14.7 Å². The van der Waals surface area contributed by atoms with Crippen molar-refractivity contribution in [2.24, 2.45) is 18.9 Å². The molecule has 1 saturated carbocycles. The van der Waals surface area contributed by atoms with Crippen LogP contribution in [0.4, 0.5) is 0 Å². The van der Waals surface area contributed by atoms with Crippen LogP contribution in [0.25, 0.3) is 10.8 Å². The van der Waals surface area contributed by atoms with Gasteiger partial charge in [0, 0.05) is 19.0 Å². The summed E-state index contributed by atoms with van der Waals surface area (Å²) in [6, 6.07) is 6.33. The lowest BCUT2D eigenvalue weighted by Crippen LogP contribution is -2.44. The summed E-state index contributed by atoms with van der Waals surface area (Å²) in [5.41, 5.74) is 0.296. The number of likely N-dealkylation sites (tertiary alicyclic amines) is 1. The Labute approximate surface area is 150 Å². The van der Waals surface area contributed by atoms with Crippen LogP contribution in [0, 0.1) is 11.8 Å². The molecule has 2 aliphatic rings. The number of aromatic nitrogens is 2. The van der Waals surface area contributed by atoms with E-state index in [9.17, 15) is 19.5 Å². The van der Waals surface area contributed by atoms with Crippen LogP contribution in [0.3, 0.4) is 0 Å². The highest BCUT2D eigenvalue weighted by molar-refractivity contribution is 5.90. The zero-order chi connectivity index (χ0) is 18.4. The molecule has 2 heterocycles. The van der Waals surface area contributed by atoms with E-state index >= 15 is 0 Å². The first kappa shape index (κ1) is 16.8. The molecule has 0 radical (unpaired) electrons. The molecule has 2 aromatic rings. The first-order chi connectivity index (χ1) is 12.5. The van der Waals surface area contributed by atoms with E-state index in [1.54, 1.807) is 31.3 Å². The number of aryl methyl sites for hydroxylation is 1. The monoisotopic (exact) mass is 355 g/mol. The van der Waals surface area contributed by atoms with Crippen LogP contribution >= 0.6 is 0 Å². The second kappa shape index (κ2) is 6.23. The average Bonchev–Trinajstić information content (AvgIpc) is 3.20. The number of amides is 1. The number of benzene rings is 1. The molecule has 1 N–H and O–H groups in total. The van der Waals surface area contributed by atoms with E-state index in [-0.39, 0.29) is 29.7 Å². The molecular weight excluding hydrogens is 334 g/mol. The molecule has 136 valence electrons. The summed E-state index contributed by atoms with van der Waals surface area (Å²) in [6.07, 6.45) is 2.89. The molecule has 1 aliphatic heterocycles. The standard InChI is InChI=1S/C19H21N3O4/c1-21-18(24)14-7-3-2-6-13(14)15(20-21)9-16(23)22-10-11-5-4-8-12(11)17(22)19(25)26/h2-3,6-7,11-12,17H,4-5,8-10H2,1H3,(H,25,26). The first-order valence-corrected chi connectivity index (χ1v) is 8.94. The number of carbonyl (C=O) groups excluding carboxylic acids is 1. The molecule has 1 amide bonds. The zero-order valence-electron chi connectivity index (χ0n) is 14.6. The molecule has 0 bridgehead atoms. The van der Waals surface area contributed by atoms with Crippen molar-refractivity contribution in [3.05, 3.63) is 40.3 Å². The largest absolute Gasteiger partial charge is 0.480 e. The molecule has 1 saturated heterocycles. The molecular formula is C19H21N3O4. The van der Waals surface area contributed by atoms with Gasteiger partial charge in [-0.25, -0.2) is 9.48 Å². The second-order valence-electron chi connectivity index (χ2n) is 7.28. The average molecular weight is 355 g/mol. The molecule has 1 aromatic heterocycles. The van der Waals surface area contributed by atoms with Crippen molar-refractivity contribution in [1.29, 1.82) is 0 Å². The lowest BCUT2D eigenvalue weighted by atomic mass is 9.94. The van der Waals surface area contributed by atoms with Gasteiger partial charge in [-0.2, -0.15) is 5.10 Å².